The van der Waals surface area contributed by atoms with E-state index >= 15 is 0 Å². The Hall–Kier alpha value is -2.77. The van der Waals surface area contributed by atoms with Gasteiger partial charge in [-0.05, 0) is 13.0 Å². The molecule has 1 aromatic heterocycles. The van der Waals surface area contributed by atoms with Crippen LogP contribution in [0.2, 0.25) is 0 Å². The zero-order chi connectivity index (χ0) is 13.8. The second kappa shape index (κ2) is 5.25. The minimum absolute atomic E-state index is 0.0128. The van der Waals surface area contributed by atoms with Gasteiger partial charge in [0.1, 0.15) is 17.7 Å². The van der Waals surface area contributed by atoms with Crippen LogP contribution in [0.3, 0.4) is 0 Å². The number of rotatable bonds is 4. The number of hydrogen-bond acceptors (Lipinski definition) is 5. The number of nitro groups is 1. The van der Waals surface area contributed by atoms with Gasteiger partial charge in [-0.3, -0.25) is 20.0 Å². The van der Waals surface area contributed by atoms with Crippen LogP contribution in [0.15, 0.2) is 30.6 Å². The molecule has 1 aromatic carbocycles. The van der Waals surface area contributed by atoms with Gasteiger partial charge in [-0.25, -0.2) is 4.98 Å². The second-order valence-corrected chi connectivity index (χ2v) is 3.84. The van der Waals surface area contributed by atoms with Crippen molar-refractivity contribution in [2.24, 2.45) is 0 Å². The van der Waals surface area contributed by atoms with E-state index in [2.05, 4.69) is 20.5 Å². The highest BCUT2D eigenvalue weighted by molar-refractivity contribution is 5.98. The predicted molar refractivity (Wildman–Crippen MR) is 65.4 cm³/mol. The van der Waals surface area contributed by atoms with Crippen LogP contribution < -0.4 is 5.32 Å². The lowest BCUT2D eigenvalue weighted by Crippen LogP contribution is -2.28. The third-order valence-electron chi connectivity index (χ3n) is 2.54. The minimum Gasteiger partial charge on any atom is -0.342 e. The molecule has 1 heterocycles. The Balaban J connectivity index is 2.19. The number of H-pyrrole nitrogens is 1. The first-order valence-corrected chi connectivity index (χ1v) is 5.49. The SMILES string of the molecule is CC(NC(=O)c1ccccc1[N+](=O)[O-])c1ncn[nH]1. The Bertz CT molecular complexity index is 596. The van der Waals surface area contributed by atoms with Crippen LogP contribution >= 0.6 is 0 Å². The number of hydrogen-bond donors (Lipinski definition) is 2. The summed E-state index contributed by atoms with van der Waals surface area (Å²) in [6.45, 7) is 1.70. The van der Waals surface area contributed by atoms with E-state index in [1.807, 2.05) is 0 Å². The molecule has 1 unspecified atom stereocenters. The van der Waals surface area contributed by atoms with Gasteiger partial charge >= 0.3 is 0 Å². The fraction of sp³-hybridized carbons (Fsp3) is 0.182. The van der Waals surface area contributed by atoms with Crippen molar-refractivity contribution in [1.29, 1.82) is 0 Å². The average Bonchev–Trinajstić information content (AvgIpc) is 2.92. The maximum atomic E-state index is 12.0. The molecule has 0 saturated heterocycles. The van der Waals surface area contributed by atoms with Gasteiger partial charge in [-0.1, -0.05) is 12.1 Å². The first-order valence-electron chi connectivity index (χ1n) is 5.49. The van der Waals surface area contributed by atoms with E-state index in [-0.39, 0.29) is 11.3 Å². The van der Waals surface area contributed by atoms with Gasteiger partial charge in [0.25, 0.3) is 11.6 Å². The van der Waals surface area contributed by atoms with Gasteiger partial charge in [0.15, 0.2) is 0 Å². The molecule has 8 nitrogen and oxygen atoms in total. The molecule has 0 aliphatic rings. The standard InChI is InChI=1S/C11H11N5O3/c1-7(10-12-6-13-15-10)14-11(17)8-4-2-3-5-9(8)16(18)19/h2-7H,1H3,(H,14,17)(H,12,13,15). The van der Waals surface area contributed by atoms with Crippen molar-refractivity contribution in [2.45, 2.75) is 13.0 Å². The molecule has 0 bridgehead atoms. The number of amides is 1. The van der Waals surface area contributed by atoms with E-state index in [1.165, 1.54) is 24.5 Å². The summed E-state index contributed by atoms with van der Waals surface area (Å²) in [5, 5.41) is 19.7. The molecule has 2 rings (SSSR count). The molecule has 2 aromatic rings. The number of carbonyl (C=O) groups is 1. The van der Waals surface area contributed by atoms with Crippen molar-refractivity contribution >= 4 is 11.6 Å². The number of aromatic amines is 1. The Morgan fingerprint density at radius 1 is 1.47 bits per heavy atom. The fourth-order valence-electron chi connectivity index (χ4n) is 1.59. The Morgan fingerprint density at radius 2 is 2.21 bits per heavy atom. The molecule has 98 valence electrons. The summed E-state index contributed by atoms with van der Waals surface area (Å²) in [4.78, 5) is 26.2. The lowest BCUT2D eigenvalue weighted by atomic mass is 10.1. The summed E-state index contributed by atoms with van der Waals surface area (Å²) < 4.78 is 0. The van der Waals surface area contributed by atoms with Crippen molar-refractivity contribution in [3.8, 4) is 0 Å². The van der Waals surface area contributed by atoms with E-state index in [4.69, 9.17) is 0 Å². The molecule has 0 saturated carbocycles. The fourth-order valence-corrected chi connectivity index (χ4v) is 1.59. The number of para-hydroxylation sites is 1. The zero-order valence-electron chi connectivity index (χ0n) is 10.0. The van der Waals surface area contributed by atoms with E-state index in [0.717, 1.165) is 0 Å². The molecule has 0 fully saturated rings. The Kier molecular flexibility index (Phi) is 3.51. The van der Waals surface area contributed by atoms with Gasteiger partial charge in [0.05, 0.1) is 11.0 Å². The van der Waals surface area contributed by atoms with Crippen LogP contribution in [0, 0.1) is 10.1 Å². The zero-order valence-corrected chi connectivity index (χ0v) is 10.0. The molecule has 8 heteroatoms. The average molecular weight is 261 g/mol. The normalized spacial score (nSPS) is 11.8. The number of aromatic nitrogens is 3. The summed E-state index contributed by atoms with van der Waals surface area (Å²) >= 11 is 0. The third-order valence-corrected chi connectivity index (χ3v) is 2.54. The Morgan fingerprint density at radius 3 is 2.84 bits per heavy atom. The van der Waals surface area contributed by atoms with E-state index in [1.54, 1.807) is 13.0 Å². The summed E-state index contributed by atoms with van der Waals surface area (Å²) in [6, 6.07) is 5.35. The smallest absolute Gasteiger partial charge is 0.282 e. The number of nitrogens with zero attached hydrogens (tertiary/aromatic N) is 3. The highest BCUT2D eigenvalue weighted by Gasteiger charge is 2.21. The van der Waals surface area contributed by atoms with E-state index in [9.17, 15) is 14.9 Å². The molecule has 0 aliphatic heterocycles. The van der Waals surface area contributed by atoms with Crippen LogP contribution in [-0.2, 0) is 0 Å². The molecule has 19 heavy (non-hydrogen) atoms. The highest BCUT2D eigenvalue weighted by atomic mass is 16.6. The van der Waals surface area contributed by atoms with Gasteiger partial charge < -0.3 is 5.32 Å². The van der Waals surface area contributed by atoms with Gasteiger partial charge in [0, 0.05) is 6.07 Å². The van der Waals surface area contributed by atoms with Crippen molar-refractivity contribution in [2.75, 3.05) is 0 Å². The van der Waals surface area contributed by atoms with Crippen molar-refractivity contribution < 1.29 is 9.72 Å². The molecule has 2 N–H and O–H groups in total. The predicted octanol–water partition coefficient (Wildman–Crippen LogP) is 1.20. The molecule has 0 aliphatic carbocycles. The molecule has 1 atom stereocenters. The van der Waals surface area contributed by atoms with Crippen LogP contribution in [0.1, 0.15) is 29.1 Å². The maximum Gasteiger partial charge on any atom is 0.282 e. The Labute approximate surface area is 108 Å². The van der Waals surface area contributed by atoms with Crippen molar-refractivity contribution in [3.63, 3.8) is 0 Å². The summed E-state index contributed by atoms with van der Waals surface area (Å²) in [5.74, 6) is -0.0527. The summed E-state index contributed by atoms with van der Waals surface area (Å²) in [6.07, 6.45) is 1.32. The molecule has 0 radical (unpaired) electrons. The van der Waals surface area contributed by atoms with E-state index in [0.29, 0.717) is 5.82 Å². The topological polar surface area (TPSA) is 114 Å². The van der Waals surface area contributed by atoms with Crippen LogP contribution in [0.4, 0.5) is 5.69 Å². The monoisotopic (exact) mass is 261 g/mol. The highest BCUT2D eigenvalue weighted by Crippen LogP contribution is 2.18. The second-order valence-electron chi connectivity index (χ2n) is 3.84. The van der Waals surface area contributed by atoms with Crippen LogP contribution in [0.25, 0.3) is 0 Å². The summed E-state index contributed by atoms with van der Waals surface area (Å²) in [5.41, 5.74) is -0.219. The van der Waals surface area contributed by atoms with Crippen LogP contribution in [-0.4, -0.2) is 26.0 Å². The molecule has 1 amide bonds. The van der Waals surface area contributed by atoms with Crippen molar-refractivity contribution in [1.82, 2.24) is 20.5 Å². The third kappa shape index (κ3) is 2.73. The first kappa shape index (κ1) is 12.7. The van der Waals surface area contributed by atoms with Crippen LogP contribution in [0.5, 0.6) is 0 Å². The van der Waals surface area contributed by atoms with Gasteiger partial charge in [-0.2, -0.15) is 5.10 Å². The first-order chi connectivity index (χ1) is 9.09. The number of carbonyl (C=O) groups excluding carboxylic acids is 1. The molecule has 0 spiro atoms. The number of benzene rings is 1. The number of nitrogens with one attached hydrogen (secondary N) is 2. The minimum atomic E-state index is -0.589. The van der Waals surface area contributed by atoms with Gasteiger partial charge in [-0.15, -0.1) is 0 Å². The lowest BCUT2D eigenvalue weighted by Gasteiger charge is -2.10. The summed E-state index contributed by atoms with van der Waals surface area (Å²) in [7, 11) is 0. The van der Waals surface area contributed by atoms with Crippen molar-refractivity contribution in [3.05, 3.63) is 52.1 Å². The molecular formula is C11H11N5O3. The van der Waals surface area contributed by atoms with Gasteiger partial charge in [0.2, 0.25) is 0 Å². The maximum absolute atomic E-state index is 12.0. The largest absolute Gasteiger partial charge is 0.342 e. The molecular weight excluding hydrogens is 250 g/mol. The van der Waals surface area contributed by atoms with E-state index < -0.39 is 16.9 Å². The number of nitro benzene ring substituents is 1. The lowest BCUT2D eigenvalue weighted by molar-refractivity contribution is -0.385. The quantitative estimate of drug-likeness (QED) is 0.634.